The van der Waals surface area contributed by atoms with Crippen molar-refractivity contribution in [1.82, 2.24) is 29.8 Å². The molecule has 0 spiro atoms. The van der Waals surface area contributed by atoms with Crippen LogP contribution in [-0.4, -0.2) is 29.8 Å². The highest BCUT2D eigenvalue weighted by atomic mass is 127. The zero-order valence-electron chi connectivity index (χ0n) is 18.6. The van der Waals surface area contributed by atoms with Gasteiger partial charge in [0.05, 0.1) is 12.2 Å². The minimum Gasteiger partial charge on any atom is -0.292 e. The number of nitrogens with zero attached hydrogens (tertiary/aromatic N) is 5. The Kier molecular flexibility index (Phi) is 6.39. The first-order valence-corrected chi connectivity index (χ1v) is 12.2. The van der Waals surface area contributed by atoms with Crippen LogP contribution in [-0.2, 0) is 13.0 Å². The van der Waals surface area contributed by atoms with Crippen LogP contribution in [0.25, 0.3) is 28.2 Å². The Morgan fingerprint density at radius 2 is 1.68 bits per heavy atom. The van der Waals surface area contributed by atoms with E-state index in [0.717, 1.165) is 50.0 Å². The second-order valence-electron chi connectivity index (χ2n) is 8.04. The number of rotatable bonds is 7. The summed E-state index contributed by atoms with van der Waals surface area (Å²) in [5, 5.41) is 14.5. The summed E-state index contributed by atoms with van der Waals surface area (Å²) in [5.41, 5.74) is 6.02. The molecule has 0 saturated carbocycles. The minimum atomic E-state index is -0.0147. The van der Waals surface area contributed by atoms with E-state index in [4.69, 9.17) is 0 Å². The van der Waals surface area contributed by atoms with Crippen LogP contribution in [0.3, 0.4) is 0 Å². The number of nitrogens with one attached hydrogen (secondary N) is 1. The second-order valence-corrected chi connectivity index (χ2v) is 9.20. The molecule has 0 fully saturated rings. The Morgan fingerprint density at radius 1 is 0.941 bits per heavy atom. The zero-order valence-corrected chi connectivity index (χ0v) is 20.8. The number of hydrogen-bond acceptors (Lipinski definition) is 4. The number of benzene rings is 3. The first-order valence-electron chi connectivity index (χ1n) is 11.1. The fourth-order valence-corrected chi connectivity index (χ4v) is 4.80. The average Bonchev–Trinajstić information content (AvgIpc) is 3.50. The molecule has 7 nitrogen and oxygen atoms in total. The Hall–Kier alpha value is -3.53. The Balaban J connectivity index is 1.48. The number of halogens is 1. The minimum absolute atomic E-state index is 0.0147. The van der Waals surface area contributed by atoms with Crippen LogP contribution in [0, 0.1) is 3.57 Å². The summed E-state index contributed by atoms with van der Waals surface area (Å²) < 4.78 is 4.70. The molecule has 0 aliphatic rings. The average molecular weight is 562 g/mol. The Morgan fingerprint density at radius 3 is 2.38 bits per heavy atom. The molecule has 2 heterocycles. The van der Waals surface area contributed by atoms with Gasteiger partial charge in [-0.3, -0.25) is 9.13 Å². The maximum Gasteiger partial charge on any atom is 0.333 e. The fraction of sp³-hybridized carbons (Fsp3) is 0.154. The van der Waals surface area contributed by atoms with Gasteiger partial charge in [-0.2, -0.15) is 5.21 Å². The van der Waals surface area contributed by atoms with E-state index in [2.05, 4.69) is 74.4 Å². The van der Waals surface area contributed by atoms with Crippen molar-refractivity contribution < 1.29 is 0 Å². The number of tetrazole rings is 1. The van der Waals surface area contributed by atoms with E-state index in [0.29, 0.717) is 12.4 Å². The van der Waals surface area contributed by atoms with Crippen LogP contribution < -0.4 is 5.69 Å². The third-order valence-electron chi connectivity index (χ3n) is 5.80. The molecule has 34 heavy (non-hydrogen) atoms. The summed E-state index contributed by atoms with van der Waals surface area (Å²) in [5.74, 6) is 0.562. The quantitative estimate of drug-likeness (QED) is 0.280. The van der Waals surface area contributed by atoms with Crippen LogP contribution >= 0.6 is 22.6 Å². The number of hydrogen-bond donors (Lipinski definition) is 1. The largest absolute Gasteiger partial charge is 0.333 e. The lowest BCUT2D eigenvalue weighted by molar-refractivity contribution is 0.691. The molecule has 0 radical (unpaired) electrons. The van der Waals surface area contributed by atoms with Crippen molar-refractivity contribution in [2.24, 2.45) is 0 Å². The predicted octanol–water partition coefficient (Wildman–Crippen LogP) is 5.09. The molecule has 0 atom stereocenters. The molecule has 0 aliphatic heterocycles. The van der Waals surface area contributed by atoms with Gasteiger partial charge >= 0.3 is 5.69 Å². The van der Waals surface area contributed by atoms with Gasteiger partial charge in [-0.1, -0.05) is 74.0 Å². The second kappa shape index (κ2) is 9.76. The van der Waals surface area contributed by atoms with Gasteiger partial charge in [0.1, 0.15) is 0 Å². The van der Waals surface area contributed by atoms with Gasteiger partial charge in [0.25, 0.3) is 0 Å². The number of aryl methyl sites for hydroxylation is 1. The summed E-state index contributed by atoms with van der Waals surface area (Å²) >= 11 is 2.28. The van der Waals surface area contributed by atoms with Crippen molar-refractivity contribution in [1.29, 1.82) is 0 Å². The van der Waals surface area contributed by atoms with Crippen molar-refractivity contribution in [3.63, 3.8) is 0 Å². The van der Waals surface area contributed by atoms with Crippen LogP contribution in [0.2, 0.25) is 0 Å². The lowest BCUT2D eigenvalue weighted by Crippen LogP contribution is -2.25. The molecule has 0 bridgehead atoms. The van der Waals surface area contributed by atoms with Crippen molar-refractivity contribution in [3.05, 3.63) is 104 Å². The van der Waals surface area contributed by atoms with Crippen LogP contribution in [0.4, 0.5) is 0 Å². The smallest absolute Gasteiger partial charge is 0.292 e. The molecular weight excluding hydrogens is 539 g/mol. The molecule has 2 aromatic heterocycles. The molecular formula is C26H23IN6O. The normalized spacial score (nSPS) is 11.1. The molecule has 8 heteroatoms. The molecule has 3 aromatic carbocycles. The van der Waals surface area contributed by atoms with E-state index >= 15 is 0 Å². The number of H-pyrrole nitrogens is 1. The van der Waals surface area contributed by atoms with E-state index < -0.39 is 0 Å². The standard InChI is InChI=1S/C26H23IN6O/c1-2-7-20-17-33(24-11-6-5-10-23(24)27)26(34)32(20)16-18-12-14-19(15-13-18)21-8-3-4-9-22(21)25-28-30-31-29-25/h3-6,8-15,17H,2,7,16H2,1H3,(H,28,29,30,31). The molecule has 5 rings (SSSR count). The maximum atomic E-state index is 13.4. The lowest BCUT2D eigenvalue weighted by atomic mass is 9.98. The number of para-hydroxylation sites is 1. The molecule has 5 aromatic rings. The van der Waals surface area contributed by atoms with Gasteiger partial charge in [-0.25, -0.2) is 4.79 Å². The van der Waals surface area contributed by atoms with Gasteiger partial charge in [0, 0.05) is 21.0 Å². The van der Waals surface area contributed by atoms with Crippen molar-refractivity contribution in [2.75, 3.05) is 0 Å². The van der Waals surface area contributed by atoms with Crippen molar-refractivity contribution in [2.45, 2.75) is 26.3 Å². The molecule has 1 N–H and O–H groups in total. The van der Waals surface area contributed by atoms with E-state index in [-0.39, 0.29) is 5.69 Å². The van der Waals surface area contributed by atoms with E-state index in [1.807, 2.05) is 59.3 Å². The number of aromatic amines is 1. The van der Waals surface area contributed by atoms with Gasteiger partial charge in [0.2, 0.25) is 5.82 Å². The molecule has 0 unspecified atom stereocenters. The van der Waals surface area contributed by atoms with E-state index in [9.17, 15) is 4.79 Å². The SMILES string of the molecule is CCCc1cn(-c2ccccc2I)c(=O)n1Cc1ccc(-c2ccccc2-c2nn[nH]n2)cc1. The first kappa shape index (κ1) is 22.3. The monoisotopic (exact) mass is 562 g/mol. The zero-order chi connectivity index (χ0) is 23.5. The summed E-state index contributed by atoms with van der Waals surface area (Å²) in [6, 6.07) is 24.3. The first-order chi connectivity index (χ1) is 16.7. The third-order valence-corrected chi connectivity index (χ3v) is 6.71. The fourth-order valence-electron chi connectivity index (χ4n) is 4.15. The van der Waals surface area contributed by atoms with Gasteiger partial charge in [0.15, 0.2) is 0 Å². The van der Waals surface area contributed by atoms with Crippen LogP contribution in [0.15, 0.2) is 83.8 Å². The van der Waals surface area contributed by atoms with Crippen LogP contribution in [0.5, 0.6) is 0 Å². The van der Waals surface area contributed by atoms with Gasteiger partial charge < -0.3 is 0 Å². The van der Waals surface area contributed by atoms with Crippen LogP contribution in [0.1, 0.15) is 24.6 Å². The van der Waals surface area contributed by atoms with Gasteiger partial charge in [-0.05, 0) is 63.0 Å². The van der Waals surface area contributed by atoms with Gasteiger partial charge in [-0.15, -0.1) is 10.2 Å². The molecule has 170 valence electrons. The molecule has 0 amide bonds. The van der Waals surface area contributed by atoms with Crippen molar-refractivity contribution in [3.8, 4) is 28.2 Å². The van der Waals surface area contributed by atoms with E-state index in [1.54, 1.807) is 4.57 Å². The summed E-state index contributed by atoms with van der Waals surface area (Å²) in [4.78, 5) is 13.4. The third kappa shape index (κ3) is 4.33. The number of imidazole rings is 1. The topological polar surface area (TPSA) is 81.4 Å². The molecule has 0 aliphatic carbocycles. The number of aromatic nitrogens is 6. The highest BCUT2D eigenvalue weighted by Gasteiger charge is 2.15. The highest BCUT2D eigenvalue weighted by molar-refractivity contribution is 14.1. The Labute approximate surface area is 210 Å². The van der Waals surface area contributed by atoms with E-state index in [1.165, 1.54) is 0 Å². The summed E-state index contributed by atoms with van der Waals surface area (Å²) in [7, 11) is 0. The lowest BCUT2D eigenvalue weighted by Gasteiger charge is -2.10. The Bertz CT molecular complexity index is 1470. The molecule has 0 saturated heterocycles. The van der Waals surface area contributed by atoms with Crippen molar-refractivity contribution >= 4 is 22.6 Å². The highest BCUT2D eigenvalue weighted by Crippen LogP contribution is 2.29. The predicted molar refractivity (Wildman–Crippen MR) is 141 cm³/mol. The summed E-state index contributed by atoms with van der Waals surface area (Å²) in [6.07, 6.45) is 3.81. The maximum absolute atomic E-state index is 13.4. The summed E-state index contributed by atoms with van der Waals surface area (Å²) in [6.45, 7) is 2.66.